The summed E-state index contributed by atoms with van der Waals surface area (Å²) in [5.41, 5.74) is 3.38. The zero-order valence-corrected chi connectivity index (χ0v) is 9.67. The normalized spacial score (nSPS) is 11.7. The minimum Gasteiger partial charge on any atom is -0.388 e. The number of aliphatic hydroxyl groups is 1. The summed E-state index contributed by atoms with van der Waals surface area (Å²) in [6.45, 7) is 5.90. The molecule has 0 saturated heterocycles. The summed E-state index contributed by atoms with van der Waals surface area (Å²) in [5.74, 6) is 5.81. The summed E-state index contributed by atoms with van der Waals surface area (Å²) in [7, 11) is 0. The van der Waals surface area contributed by atoms with Gasteiger partial charge < -0.3 is 5.11 Å². The Bertz CT molecular complexity index is 382. The van der Waals surface area contributed by atoms with E-state index >= 15 is 0 Å². The van der Waals surface area contributed by atoms with Crippen molar-refractivity contribution in [3.05, 3.63) is 34.9 Å². The maximum atomic E-state index is 9.98. The van der Waals surface area contributed by atoms with Crippen LogP contribution >= 0.6 is 0 Å². The highest BCUT2D eigenvalue weighted by Gasteiger charge is 2.09. The van der Waals surface area contributed by atoms with Gasteiger partial charge in [0.25, 0.3) is 0 Å². The van der Waals surface area contributed by atoms with E-state index in [2.05, 4.69) is 30.0 Å². The Kier molecular flexibility index (Phi) is 4.39. The molecule has 0 amide bonds. The van der Waals surface area contributed by atoms with Crippen molar-refractivity contribution in [2.45, 2.75) is 39.7 Å². The fraction of sp³-hybridized carbons (Fsp3) is 0.429. The molecule has 1 atom stereocenters. The van der Waals surface area contributed by atoms with Gasteiger partial charge in [-0.25, -0.2) is 0 Å². The Morgan fingerprint density at radius 2 is 2.07 bits per heavy atom. The predicted molar refractivity (Wildman–Crippen MR) is 63.6 cm³/mol. The van der Waals surface area contributed by atoms with Crippen molar-refractivity contribution in [1.82, 2.24) is 0 Å². The maximum Gasteiger partial charge on any atom is 0.0801 e. The molecule has 1 unspecified atom stereocenters. The lowest BCUT2D eigenvalue weighted by atomic mass is 9.98. The molecule has 0 aliphatic rings. The molecule has 0 heterocycles. The van der Waals surface area contributed by atoms with Gasteiger partial charge in [-0.1, -0.05) is 23.8 Å². The topological polar surface area (TPSA) is 20.2 Å². The van der Waals surface area contributed by atoms with Crippen molar-refractivity contribution in [2.24, 2.45) is 0 Å². The molecule has 0 aliphatic carbocycles. The summed E-state index contributed by atoms with van der Waals surface area (Å²) in [4.78, 5) is 0. The largest absolute Gasteiger partial charge is 0.388 e. The van der Waals surface area contributed by atoms with Crippen LogP contribution in [0.2, 0.25) is 0 Å². The molecule has 0 radical (unpaired) electrons. The molecular weight excluding hydrogens is 184 g/mol. The van der Waals surface area contributed by atoms with Crippen LogP contribution in [0, 0.1) is 25.7 Å². The van der Waals surface area contributed by atoms with Gasteiger partial charge in [0, 0.05) is 6.42 Å². The smallest absolute Gasteiger partial charge is 0.0801 e. The van der Waals surface area contributed by atoms with Crippen molar-refractivity contribution in [1.29, 1.82) is 0 Å². The first-order valence-electron chi connectivity index (χ1n) is 5.30. The van der Waals surface area contributed by atoms with Crippen LogP contribution in [0.3, 0.4) is 0 Å². The van der Waals surface area contributed by atoms with Gasteiger partial charge >= 0.3 is 0 Å². The van der Waals surface area contributed by atoms with Crippen molar-refractivity contribution in [3.63, 3.8) is 0 Å². The van der Waals surface area contributed by atoms with Crippen LogP contribution in [-0.4, -0.2) is 5.11 Å². The Morgan fingerprint density at radius 1 is 1.33 bits per heavy atom. The second kappa shape index (κ2) is 5.58. The van der Waals surface area contributed by atoms with Crippen molar-refractivity contribution in [3.8, 4) is 11.8 Å². The molecule has 0 saturated carbocycles. The summed E-state index contributed by atoms with van der Waals surface area (Å²) >= 11 is 0. The van der Waals surface area contributed by atoms with E-state index in [1.165, 1.54) is 5.56 Å². The van der Waals surface area contributed by atoms with Crippen molar-refractivity contribution >= 4 is 0 Å². The molecule has 1 N–H and O–H groups in total. The monoisotopic (exact) mass is 202 g/mol. The quantitative estimate of drug-likeness (QED) is 0.746. The molecule has 15 heavy (non-hydrogen) atoms. The van der Waals surface area contributed by atoms with Gasteiger partial charge in [0.15, 0.2) is 0 Å². The first-order valence-corrected chi connectivity index (χ1v) is 5.30. The highest BCUT2D eigenvalue weighted by Crippen LogP contribution is 2.22. The lowest BCUT2D eigenvalue weighted by molar-refractivity contribution is 0.168. The number of aliphatic hydroxyl groups excluding tert-OH is 1. The molecule has 1 nitrogen and oxygen atoms in total. The van der Waals surface area contributed by atoms with Gasteiger partial charge in [-0.15, -0.1) is 11.8 Å². The van der Waals surface area contributed by atoms with E-state index in [1.807, 2.05) is 20.8 Å². The first-order chi connectivity index (χ1) is 7.15. The van der Waals surface area contributed by atoms with E-state index in [0.717, 1.165) is 17.5 Å². The maximum absolute atomic E-state index is 9.98. The average Bonchev–Trinajstić information content (AvgIpc) is 2.22. The minimum atomic E-state index is -0.384. The molecule has 1 heteroatoms. The molecule has 0 spiro atoms. The van der Waals surface area contributed by atoms with Crippen molar-refractivity contribution in [2.75, 3.05) is 0 Å². The van der Waals surface area contributed by atoms with E-state index in [9.17, 15) is 5.11 Å². The molecule has 0 bridgehead atoms. The summed E-state index contributed by atoms with van der Waals surface area (Å²) in [5, 5.41) is 9.98. The van der Waals surface area contributed by atoms with Crippen LogP contribution in [0.1, 0.15) is 42.6 Å². The number of hydrogen-bond acceptors (Lipinski definition) is 1. The zero-order valence-electron chi connectivity index (χ0n) is 9.67. The van der Waals surface area contributed by atoms with E-state index < -0.39 is 0 Å². The van der Waals surface area contributed by atoms with Crippen molar-refractivity contribution < 1.29 is 5.11 Å². The third-order valence-corrected chi connectivity index (χ3v) is 2.51. The third-order valence-electron chi connectivity index (χ3n) is 2.51. The summed E-state index contributed by atoms with van der Waals surface area (Å²) < 4.78 is 0. The molecule has 1 aromatic carbocycles. The average molecular weight is 202 g/mol. The summed E-state index contributed by atoms with van der Waals surface area (Å²) in [6, 6.07) is 6.18. The van der Waals surface area contributed by atoms with Crippen LogP contribution in [0.15, 0.2) is 18.2 Å². The lowest BCUT2D eigenvalue weighted by Crippen LogP contribution is -2.00. The fourth-order valence-electron chi connectivity index (χ4n) is 1.61. The molecule has 0 fully saturated rings. The van der Waals surface area contributed by atoms with E-state index in [4.69, 9.17) is 0 Å². The number of hydrogen-bond donors (Lipinski definition) is 1. The van der Waals surface area contributed by atoms with Crippen LogP contribution in [0.25, 0.3) is 0 Å². The first kappa shape index (κ1) is 11.8. The molecule has 0 aliphatic heterocycles. The number of benzene rings is 1. The van der Waals surface area contributed by atoms with Crippen LogP contribution < -0.4 is 0 Å². The Morgan fingerprint density at radius 3 is 2.73 bits per heavy atom. The van der Waals surface area contributed by atoms with Gasteiger partial charge in [0.1, 0.15) is 0 Å². The predicted octanol–water partition coefficient (Wildman–Crippen LogP) is 3.14. The van der Waals surface area contributed by atoms with Gasteiger partial charge in [0.05, 0.1) is 6.10 Å². The Labute approximate surface area is 92.1 Å². The molecule has 80 valence electrons. The van der Waals surface area contributed by atoms with E-state index in [-0.39, 0.29) is 6.10 Å². The second-order valence-corrected chi connectivity index (χ2v) is 3.84. The highest BCUT2D eigenvalue weighted by molar-refractivity contribution is 5.32. The molecular formula is C14H18O. The van der Waals surface area contributed by atoms with Crippen LogP contribution in [0.4, 0.5) is 0 Å². The van der Waals surface area contributed by atoms with Crippen LogP contribution in [-0.2, 0) is 0 Å². The van der Waals surface area contributed by atoms with Gasteiger partial charge in [0.2, 0.25) is 0 Å². The number of aryl methyl sites for hydroxylation is 2. The van der Waals surface area contributed by atoms with Gasteiger partial charge in [-0.3, -0.25) is 0 Å². The van der Waals surface area contributed by atoms with E-state index in [1.54, 1.807) is 0 Å². The lowest BCUT2D eigenvalue weighted by Gasteiger charge is -2.13. The molecule has 1 rings (SSSR count). The highest BCUT2D eigenvalue weighted by atomic mass is 16.3. The number of rotatable bonds is 3. The Hall–Kier alpha value is -1.26. The molecule has 1 aromatic rings. The molecule has 0 aromatic heterocycles. The van der Waals surface area contributed by atoms with Crippen LogP contribution in [0.5, 0.6) is 0 Å². The van der Waals surface area contributed by atoms with E-state index in [0.29, 0.717) is 6.42 Å². The summed E-state index contributed by atoms with van der Waals surface area (Å²) in [6.07, 6.45) is 1.08. The fourth-order valence-corrected chi connectivity index (χ4v) is 1.61. The van der Waals surface area contributed by atoms with Gasteiger partial charge in [-0.05, 0) is 38.3 Å². The standard InChI is InChI=1S/C14H18O/c1-4-5-6-7-14(15)13-10-11(2)8-9-12(13)3/h8-10,14-15H,6-7H2,1-3H3. The zero-order chi connectivity index (χ0) is 11.3. The third kappa shape index (κ3) is 3.42. The minimum absolute atomic E-state index is 0.384. The Balaban J connectivity index is 2.74. The second-order valence-electron chi connectivity index (χ2n) is 3.84. The SMILES string of the molecule is CC#CCCC(O)c1cc(C)ccc1C. The van der Waals surface area contributed by atoms with Gasteiger partial charge in [-0.2, -0.15) is 0 Å².